The predicted octanol–water partition coefficient (Wildman–Crippen LogP) is 7.19. The smallest absolute Gasteiger partial charge is 0.0513 e. The number of unbranched alkanes of at least 4 members (excludes halogenated alkanes) is 7. The van der Waals surface area contributed by atoms with Gasteiger partial charge in [-0.15, -0.1) is 0 Å². The van der Waals surface area contributed by atoms with E-state index in [-0.39, 0.29) is 0 Å². The molecule has 0 aliphatic heterocycles. The van der Waals surface area contributed by atoms with Gasteiger partial charge in [0.25, 0.3) is 0 Å². The Bertz CT molecular complexity index is 212. The third-order valence-corrected chi connectivity index (χ3v) is 6.78. The summed E-state index contributed by atoms with van der Waals surface area (Å²) in [6, 6.07) is 0. The summed E-state index contributed by atoms with van der Waals surface area (Å²) in [5.41, 5.74) is 0.899. The number of hydrogen-bond donors (Lipinski definition) is 0. The summed E-state index contributed by atoms with van der Waals surface area (Å²) in [5, 5.41) is 0. The van der Waals surface area contributed by atoms with E-state index < -0.39 is 8.07 Å². The lowest BCUT2D eigenvalue weighted by molar-refractivity contribution is 0.630. The van der Waals surface area contributed by atoms with Crippen molar-refractivity contribution in [1.29, 1.82) is 0 Å². The quantitative estimate of drug-likeness (QED) is 0.202. The van der Waals surface area contributed by atoms with Crippen LogP contribution in [0.4, 0.5) is 0 Å². The molecule has 0 aromatic carbocycles. The van der Waals surface area contributed by atoms with E-state index in [4.69, 9.17) is 0 Å². The highest BCUT2D eigenvalue weighted by Crippen LogP contribution is 2.29. The van der Waals surface area contributed by atoms with Gasteiger partial charge in [0.15, 0.2) is 0 Å². The molecule has 1 heteroatoms. The lowest BCUT2D eigenvalue weighted by Gasteiger charge is -2.26. The molecule has 0 aliphatic rings. The highest BCUT2D eigenvalue weighted by Gasteiger charge is 2.23. The lowest BCUT2D eigenvalue weighted by atomic mass is 10.1. The van der Waals surface area contributed by atoms with Crippen LogP contribution >= 0.6 is 0 Å². The predicted molar refractivity (Wildman–Crippen MR) is 93.8 cm³/mol. The first-order valence-corrected chi connectivity index (χ1v) is 12.3. The second kappa shape index (κ2) is 11.8. The van der Waals surface area contributed by atoms with E-state index in [9.17, 15) is 0 Å². The molecule has 0 N–H and O–H groups in total. The van der Waals surface area contributed by atoms with Crippen LogP contribution in [0.1, 0.15) is 78.1 Å². The molecule has 0 saturated heterocycles. The van der Waals surface area contributed by atoms with Gasteiger partial charge in [-0.1, -0.05) is 90.6 Å². The minimum Gasteiger partial charge on any atom is -0.0885 e. The highest BCUT2D eigenvalue weighted by atomic mass is 28.3. The van der Waals surface area contributed by atoms with Gasteiger partial charge < -0.3 is 0 Å². The van der Waals surface area contributed by atoms with Crippen LogP contribution in [0.25, 0.3) is 0 Å². The van der Waals surface area contributed by atoms with Crippen molar-refractivity contribution < 1.29 is 0 Å². The topological polar surface area (TPSA) is 0 Å². The second-order valence-corrected chi connectivity index (χ2v) is 12.6. The van der Waals surface area contributed by atoms with Gasteiger partial charge in [-0.2, -0.15) is 0 Å². The molecule has 0 bridgehead atoms. The van der Waals surface area contributed by atoms with Crippen LogP contribution in [0.3, 0.4) is 0 Å². The second-order valence-electron chi connectivity index (χ2n) is 7.10. The molecule has 0 aromatic heterocycles. The van der Waals surface area contributed by atoms with E-state index in [0.717, 1.165) is 5.54 Å². The monoisotopic (exact) mass is 282 g/mol. The molecule has 0 amide bonds. The molecule has 1 unspecified atom stereocenters. The molecule has 0 rings (SSSR count). The summed E-state index contributed by atoms with van der Waals surface area (Å²) in [5.74, 6) is 0. The summed E-state index contributed by atoms with van der Waals surface area (Å²) in [4.78, 5) is 0. The van der Waals surface area contributed by atoms with Crippen LogP contribution in [0.5, 0.6) is 0 Å². The molecule has 0 aromatic rings. The van der Waals surface area contributed by atoms with Crippen LogP contribution in [0, 0.1) is 0 Å². The molecular formula is C18H38Si. The third kappa shape index (κ3) is 11.5. The molecule has 0 saturated carbocycles. The van der Waals surface area contributed by atoms with E-state index in [1.807, 2.05) is 0 Å². The van der Waals surface area contributed by atoms with Crippen LogP contribution < -0.4 is 0 Å². The van der Waals surface area contributed by atoms with Crippen molar-refractivity contribution in [3.05, 3.63) is 12.2 Å². The van der Waals surface area contributed by atoms with Crippen molar-refractivity contribution in [1.82, 2.24) is 0 Å². The Balaban J connectivity index is 3.96. The molecule has 0 nitrogen and oxygen atoms in total. The van der Waals surface area contributed by atoms with Gasteiger partial charge in [0.2, 0.25) is 0 Å². The highest BCUT2D eigenvalue weighted by molar-refractivity contribution is 6.78. The Morgan fingerprint density at radius 1 is 0.789 bits per heavy atom. The molecule has 19 heavy (non-hydrogen) atoms. The van der Waals surface area contributed by atoms with Crippen molar-refractivity contribution in [3.8, 4) is 0 Å². The molecular weight excluding hydrogens is 244 g/mol. The van der Waals surface area contributed by atoms with Gasteiger partial charge >= 0.3 is 0 Å². The number of allylic oxidation sites excluding steroid dienone is 2. The number of hydrogen-bond acceptors (Lipinski definition) is 0. The Hall–Kier alpha value is -0.0431. The van der Waals surface area contributed by atoms with E-state index in [2.05, 4.69) is 45.6 Å². The zero-order chi connectivity index (χ0) is 14.6. The number of rotatable bonds is 12. The maximum absolute atomic E-state index is 2.57. The van der Waals surface area contributed by atoms with Crippen molar-refractivity contribution in [2.75, 3.05) is 0 Å². The molecule has 0 radical (unpaired) electrons. The molecule has 0 aliphatic carbocycles. The zero-order valence-electron chi connectivity index (χ0n) is 14.3. The van der Waals surface area contributed by atoms with Crippen molar-refractivity contribution in [2.24, 2.45) is 0 Å². The van der Waals surface area contributed by atoms with Gasteiger partial charge in [-0.05, 0) is 24.8 Å². The fourth-order valence-electron chi connectivity index (χ4n) is 2.56. The Morgan fingerprint density at radius 3 is 1.89 bits per heavy atom. The first kappa shape index (κ1) is 19.0. The van der Waals surface area contributed by atoms with Crippen LogP contribution in [0.2, 0.25) is 25.2 Å². The standard InChI is InChI=1S/C18H38Si/c1-6-8-10-12-13-15-17-18(19(3,4)5)16-14-11-9-7-2/h15,17-18H,6-14,16H2,1-5H3/b17-15+. The molecule has 0 fully saturated rings. The van der Waals surface area contributed by atoms with Crippen LogP contribution in [0.15, 0.2) is 12.2 Å². The molecule has 0 heterocycles. The molecule has 0 spiro atoms. The summed E-state index contributed by atoms with van der Waals surface area (Å²) >= 11 is 0. The zero-order valence-corrected chi connectivity index (χ0v) is 15.3. The van der Waals surface area contributed by atoms with E-state index in [0.29, 0.717) is 0 Å². The average Bonchev–Trinajstić information content (AvgIpc) is 2.34. The van der Waals surface area contributed by atoms with E-state index >= 15 is 0 Å². The average molecular weight is 283 g/mol. The van der Waals surface area contributed by atoms with Crippen molar-refractivity contribution in [3.63, 3.8) is 0 Å². The van der Waals surface area contributed by atoms with Gasteiger partial charge in [0, 0.05) is 0 Å². The normalized spacial score (nSPS) is 14.2. The summed E-state index contributed by atoms with van der Waals surface area (Å²) in [6.07, 6.45) is 19.0. The first-order chi connectivity index (χ1) is 9.02. The minimum atomic E-state index is -1.01. The first-order valence-electron chi connectivity index (χ1n) is 8.69. The van der Waals surface area contributed by atoms with Gasteiger partial charge in [-0.3, -0.25) is 0 Å². The minimum absolute atomic E-state index is 0.899. The molecule has 1 atom stereocenters. The Kier molecular flexibility index (Phi) is 11.7. The lowest BCUT2D eigenvalue weighted by Crippen LogP contribution is -2.26. The van der Waals surface area contributed by atoms with Gasteiger partial charge in [-0.25, -0.2) is 0 Å². The fourth-order valence-corrected chi connectivity index (χ4v) is 4.34. The maximum Gasteiger partial charge on any atom is 0.0513 e. The van der Waals surface area contributed by atoms with Gasteiger partial charge in [0.05, 0.1) is 8.07 Å². The van der Waals surface area contributed by atoms with Crippen molar-refractivity contribution >= 4 is 8.07 Å². The summed E-state index contributed by atoms with van der Waals surface area (Å²) in [7, 11) is -1.01. The van der Waals surface area contributed by atoms with E-state index in [1.54, 1.807) is 0 Å². The summed E-state index contributed by atoms with van der Waals surface area (Å²) in [6.45, 7) is 12.2. The maximum atomic E-state index is 2.57. The summed E-state index contributed by atoms with van der Waals surface area (Å²) < 4.78 is 0. The van der Waals surface area contributed by atoms with E-state index in [1.165, 1.54) is 64.2 Å². The van der Waals surface area contributed by atoms with Gasteiger partial charge in [0.1, 0.15) is 0 Å². The Morgan fingerprint density at radius 2 is 1.37 bits per heavy atom. The van der Waals surface area contributed by atoms with Crippen LogP contribution in [-0.2, 0) is 0 Å². The Labute approximate surface area is 124 Å². The molecule has 114 valence electrons. The largest absolute Gasteiger partial charge is 0.0885 e. The SMILES string of the molecule is CCCCCC/C=C/C(CCCCCC)[Si](C)(C)C. The van der Waals surface area contributed by atoms with Crippen LogP contribution in [-0.4, -0.2) is 8.07 Å². The fraction of sp³-hybridized carbons (Fsp3) is 0.889. The third-order valence-electron chi connectivity index (χ3n) is 4.07. The van der Waals surface area contributed by atoms with Crippen molar-refractivity contribution in [2.45, 2.75) is 103 Å².